The van der Waals surface area contributed by atoms with Gasteiger partial charge in [-0.05, 0) is 25.0 Å². The number of likely N-dealkylation sites (tertiary alicyclic amines) is 1. The lowest BCUT2D eigenvalue weighted by molar-refractivity contribution is -0.129. The highest BCUT2D eigenvalue weighted by molar-refractivity contribution is 5.79. The van der Waals surface area contributed by atoms with Crippen molar-refractivity contribution in [2.75, 3.05) is 31.1 Å². The molecular weight excluding hydrogens is 347 g/mol. The molecule has 6 nitrogen and oxygen atoms in total. The number of hydrogen-bond donors (Lipinski definition) is 1. The first-order valence-corrected chi connectivity index (χ1v) is 9.26. The second-order valence-electron chi connectivity index (χ2n) is 7.62. The molecule has 1 N–H and O–H groups in total. The largest absolute Gasteiger partial charge is 0.342 e. The van der Waals surface area contributed by atoms with E-state index in [1.54, 1.807) is 0 Å². The van der Waals surface area contributed by atoms with Gasteiger partial charge >= 0.3 is 0 Å². The number of carbonyl (C=O) groups excluding carboxylic acids is 1. The fourth-order valence-electron chi connectivity index (χ4n) is 4.16. The second-order valence-corrected chi connectivity index (χ2v) is 7.62. The Morgan fingerprint density at radius 3 is 2.48 bits per heavy atom. The van der Waals surface area contributed by atoms with Gasteiger partial charge in [-0.25, -0.2) is 4.98 Å². The topological polar surface area (TPSA) is 69.3 Å². The number of anilines is 1. The molecule has 2 atom stereocenters. The van der Waals surface area contributed by atoms with E-state index in [9.17, 15) is 14.0 Å². The molecular formula is C20H23FN4O2. The Bertz CT molecular complexity index is 928. The predicted octanol–water partition coefficient (Wildman–Crippen LogP) is 1.66. The molecule has 0 spiro atoms. The van der Waals surface area contributed by atoms with Gasteiger partial charge in [-0.2, -0.15) is 4.39 Å². The third-order valence-corrected chi connectivity index (χ3v) is 5.76. The van der Waals surface area contributed by atoms with E-state index in [0.29, 0.717) is 37.3 Å². The van der Waals surface area contributed by atoms with Crippen LogP contribution < -0.4 is 10.5 Å². The number of aromatic nitrogens is 2. The number of fused-ring (bicyclic) bond motifs is 1. The number of aryl methyl sites for hydroxylation is 2. The van der Waals surface area contributed by atoms with E-state index in [2.05, 4.69) is 9.97 Å². The van der Waals surface area contributed by atoms with Gasteiger partial charge in [-0.15, -0.1) is 0 Å². The zero-order valence-electron chi connectivity index (χ0n) is 15.5. The zero-order chi connectivity index (χ0) is 19.1. The quantitative estimate of drug-likeness (QED) is 0.892. The van der Waals surface area contributed by atoms with Gasteiger partial charge in [0.1, 0.15) is 0 Å². The first-order valence-electron chi connectivity index (χ1n) is 9.26. The van der Waals surface area contributed by atoms with Crippen LogP contribution in [0.2, 0.25) is 0 Å². The minimum absolute atomic E-state index is 0.112. The third-order valence-electron chi connectivity index (χ3n) is 5.76. The molecule has 2 aliphatic heterocycles. The number of carbonyl (C=O) groups is 1. The number of hydrogen-bond acceptors (Lipinski definition) is 4. The summed E-state index contributed by atoms with van der Waals surface area (Å²) in [5.74, 6) is 0.453. The summed E-state index contributed by atoms with van der Waals surface area (Å²) >= 11 is 0. The molecule has 0 aliphatic carbocycles. The molecule has 1 amide bonds. The number of H-pyrrole nitrogens is 1. The Morgan fingerprint density at radius 1 is 1.19 bits per heavy atom. The summed E-state index contributed by atoms with van der Waals surface area (Å²) in [6, 6.07) is 7.97. The van der Waals surface area contributed by atoms with E-state index in [1.807, 2.05) is 41.0 Å². The molecule has 27 heavy (non-hydrogen) atoms. The Balaban J connectivity index is 1.40. The monoisotopic (exact) mass is 370 g/mol. The molecule has 1 aromatic carbocycles. The van der Waals surface area contributed by atoms with Crippen molar-refractivity contribution in [1.29, 1.82) is 0 Å². The van der Waals surface area contributed by atoms with Crippen molar-refractivity contribution in [2.24, 2.45) is 11.8 Å². The molecule has 1 aromatic heterocycles. The summed E-state index contributed by atoms with van der Waals surface area (Å²) in [6.45, 7) is 6.39. The van der Waals surface area contributed by atoms with Crippen molar-refractivity contribution in [2.45, 2.75) is 20.3 Å². The SMILES string of the molecule is Cc1ccccc1CC(=O)N1CC2CN(c3nc(C)c(F)c(=O)[nH]3)CC2C1. The first-order chi connectivity index (χ1) is 12.9. The normalized spacial score (nSPS) is 21.6. The molecule has 3 heterocycles. The van der Waals surface area contributed by atoms with Gasteiger partial charge in [-0.1, -0.05) is 24.3 Å². The van der Waals surface area contributed by atoms with Gasteiger partial charge in [0.2, 0.25) is 17.7 Å². The summed E-state index contributed by atoms with van der Waals surface area (Å²) in [5.41, 5.74) is 1.59. The van der Waals surface area contributed by atoms with Crippen molar-refractivity contribution in [1.82, 2.24) is 14.9 Å². The highest BCUT2D eigenvalue weighted by Gasteiger charge is 2.42. The minimum atomic E-state index is -0.828. The molecule has 142 valence electrons. The molecule has 0 radical (unpaired) electrons. The number of rotatable bonds is 3. The van der Waals surface area contributed by atoms with E-state index < -0.39 is 11.4 Å². The van der Waals surface area contributed by atoms with Crippen molar-refractivity contribution < 1.29 is 9.18 Å². The highest BCUT2D eigenvalue weighted by atomic mass is 19.1. The predicted molar refractivity (Wildman–Crippen MR) is 100 cm³/mol. The van der Waals surface area contributed by atoms with E-state index >= 15 is 0 Å². The van der Waals surface area contributed by atoms with Crippen LogP contribution in [0.4, 0.5) is 10.3 Å². The Morgan fingerprint density at radius 2 is 1.85 bits per heavy atom. The van der Waals surface area contributed by atoms with Crippen molar-refractivity contribution in [3.8, 4) is 0 Å². The summed E-state index contributed by atoms with van der Waals surface area (Å²) < 4.78 is 13.5. The van der Waals surface area contributed by atoms with Gasteiger partial charge in [0, 0.05) is 38.0 Å². The third kappa shape index (κ3) is 3.34. The highest BCUT2D eigenvalue weighted by Crippen LogP contribution is 2.33. The van der Waals surface area contributed by atoms with E-state index in [-0.39, 0.29) is 11.6 Å². The average molecular weight is 370 g/mol. The fraction of sp³-hybridized carbons (Fsp3) is 0.450. The van der Waals surface area contributed by atoms with Crippen LogP contribution in [-0.4, -0.2) is 47.0 Å². The summed E-state index contributed by atoms with van der Waals surface area (Å²) in [7, 11) is 0. The van der Waals surface area contributed by atoms with Gasteiger partial charge < -0.3 is 9.80 Å². The van der Waals surface area contributed by atoms with E-state index in [4.69, 9.17) is 0 Å². The van der Waals surface area contributed by atoms with Crippen LogP contribution in [0.3, 0.4) is 0 Å². The lowest BCUT2D eigenvalue weighted by Crippen LogP contribution is -2.35. The standard InChI is InChI=1S/C20H23FN4O2/c1-12-5-3-4-6-14(12)7-17(26)24-8-15-10-25(11-16(15)9-24)20-22-13(2)18(21)19(27)23-20/h3-6,15-16H,7-11H2,1-2H3,(H,22,23,27). The molecule has 2 fully saturated rings. The summed E-state index contributed by atoms with van der Waals surface area (Å²) in [4.78, 5) is 35.0. The van der Waals surface area contributed by atoms with Crippen LogP contribution >= 0.6 is 0 Å². The van der Waals surface area contributed by atoms with Gasteiger partial charge in [0.05, 0.1) is 12.1 Å². The smallest absolute Gasteiger partial charge is 0.288 e. The maximum atomic E-state index is 13.5. The minimum Gasteiger partial charge on any atom is -0.342 e. The molecule has 2 saturated heterocycles. The fourth-order valence-corrected chi connectivity index (χ4v) is 4.16. The van der Waals surface area contributed by atoms with E-state index in [0.717, 1.165) is 24.2 Å². The lowest BCUT2D eigenvalue weighted by Gasteiger charge is -2.22. The van der Waals surface area contributed by atoms with Crippen molar-refractivity contribution in [3.05, 3.63) is 57.3 Å². The summed E-state index contributed by atoms with van der Waals surface area (Å²) in [6.07, 6.45) is 0.432. The number of halogens is 1. The number of amides is 1. The Labute approximate surface area is 157 Å². The maximum Gasteiger partial charge on any atom is 0.288 e. The average Bonchev–Trinajstić information content (AvgIpc) is 3.20. The Hall–Kier alpha value is -2.70. The molecule has 0 saturated carbocycles. The number of benzene rings is 1. The number of aromatic amines is 1. The maximum absolute atomic E-state index is 13.5. The Kier molecular flexibility index (Phi) is 4.45. The molecule has 2 aliphatic rings. The van der Waals surface area contributed by atoms with Crippen molar-refractivity contribution >= 4 is 11.9 Å². The molecule has 2 aromatic rings. The van der Waals surface area contributed by atoms with Crippen LogP contribution in [0.25, 0.3) is 0 Å². The zero-order valence-corrected chi connectivity index (χ0v) is 15.5. The van der Waals surface area contributed by atoms with Crippen LogP contribution in [-0.2, 0) is 11.2 Å². The van der Waals surface area contributed by atoms with Gasteiger partial charge in [0.15, 0.2) is 0 Å². The van der Waals surface area contributed by atoms with Gasteiger partial charge in [0.25, 0.3) is 5.56 Å². The number of nitrogens with zero attached hydrogens (tertiary/aromatic N) is 3. The van der Waals surface area contributed by atoms with Crippen LogP contribution in [0.15, 0.2) is 29.1 Å². The van der Waals surface area contributed by atoms with Crippen LogP contribution in [0, 0.1) is 31.5 Å². The van der Waals surface area contributed by atoms with Gasteiger partial charge in [-0.3, -0.25) is 14.6 Å². The molecule has 0 bridgehead atoms. The lowest BCUT2D eigenvalue weighted by atomic mass is 10.0. The molecule has 7 heteroatoms. The number of nitrogens with one attached hydrogen (secondary N) is 1. The summed E-state index contributed by atoms with van der Waals surface area (Å²) in [5, 5.41) is 0. The van der Waals surface area contributed by atoms with Crippen LogP contribution in [0.5, 0.6) is 0 Å². The molecule has 4 rings (SSSR count). The first kappa shape index (κ1) is 17.7. The second kappa shape index (κ2) is 6.79. The van der Waals surface area contributed by atoms with Crippen molar-refractivity contribution in [3.63, 3.8) is 0 Å². The van der Waals surface area contributed by atoms with E-state index in [1.165, 1.54) is 6.92 Å². The van der Waals surface area contributed by atoms with Crippen LogP contribution in [0.1, 0.15) is 16.8 Å². The molecule has 2 unspecified atom stereocenters.